The van der Waals surface area contributed by atoms with Gasteiger partial charge < -0.3 is 9.16 Å². The van der Waals surface area contributed by atoms with E-state index >= 15 is 0 Å². The lowest BCUT2D eigenvalue weighted by atomic mass is 10.2. The van der Waals surface area contributed by atoms with Crippen LogP contribution in [0.15, 0.2) is 86.0 Å². The number of carbonyl (C=O) groups is 1. The Hall–Kier alpha value is -2.63. The van der Waals surface area contributed by atoms with Gasteiger partial charge in [-0.1, -0.05) is 93.6 Å². The molecular formula is C29H41NO3Si. The second-order valence-electron chi connectivity index (χ2n) is 10.5. The monoisotopic (exact) mass is 479 g/mol. The van der Waals surface area contributed by atoms with Crippen LogP contribution in [0.4, 0.5) is 4.79 Å². The maximum Gasteiger partial charge on any atom is 0.410 e. The first kappa shape index (κ1) is 27.6. The van der Waals surface area contributed by atoms with Gasteiger partial charge in [-0.25, -0.2) is 4.79 Å². The Morgan fingerprint density at radius 1 is 0.941 bits per heavy atom. The molecule has 0 bridgehead atoms. The number of amides is 1. The van der Waals surface area contributed by atoms with Crippen molar-refractivity contribution in [2.24, 2.45) is 0 Å². The quantitative estimate of drug-likeness (QED) is 0.313. The van der Waals surface area contributed by atoms with Crippen LogP contribution in [-0.4, -0.2) is 44.1 Å². The zero-order valence-corrected chi connectivity index (χ0v) is 22.7. The van der Waals surface area contributed by atoms with Gasteiger partial charge in [0.25, 0.3) is 8.32 Å². The summed E-state index contributed by atoms with van der Waals surface area (Å²) in [5, 5.41) is 2.25. The van der Waals surface area contributed by atoms with Gasteiger partial charge in [0, 0.05) is 6.54 Å². The molecule has 0 aliphatic rings. The summed E-state index contributed by atoms with van der Waals surface area (Å²) in [4.78, 5) is 14.8. The summed E-state index contributed by atoms with van der Waals surface area (Å²) in [5.41, 5.74) is -0.589. The lowest BCUT2D eigenvalue weighted by molar-refractivity contribution is 0.0160. The Bertz CT molecular complexity index is 890. The molecule has 0 spiro atoms. The van der Waals surface area contributed by atoms with Crippen molar-refractivity contribution < 1.29 is 14.0 Å². The summed E-state index contributed by atoms with van der Waals surface area (Å²) in [6.45, 7) is 21.0. The van der Waals surface area contributed by atoms with Crippen LogP contribution >= 0.6 is 0 Å². The minimum Gasteiger partial charge on any atom is -0.444 e. The molecule has 1 atom stereocenters. The van der Waals surface area contributed by atoms with E-state index in [0.717, 1.165) is 0 Å². The molecule has 0 saturated carbocycles. The first-order chi connectivity index (χ1) is 16.0. The van der Waals surface area contributed by atoms with Crippen molar-refractivity contribution >= 4 is 24.8 Å². The molecule has 0 fully saturated rings. The van der Waals surface area contributed by atoms with Crippen molar-refractivity contribution in [2.45, 2.75) is 64.6 Å². The zero-order valence-electron chi connectivity index (χ0n) is 21.7. The van der Waals surface area contributed by atoms with Gasteiger partial charge in [0.1, 0.15) is 5.60 Å². The van der Waals surface area contributed by atoms with Crippen LogP contribution in [0.25, 0.3) is 0 Å². The maximum absolute atomic E-state index is 13.1. The normalized spacial score (nSPS) is 13.1. The molecule has 0 heterocycles. The molecule has 4 nitrogen and oxygen atoms in total. The molecule has 0 aliphatic heterocycles. The average Bonchev–Trinajstić information content (AvgIpc) is 2.77. The molecule has 0 radical (unpaired) electrons. The van der Waals surface area contributed by atoms with E-state index in [1.54, 1.807) is 17.1 Å². The third-order valence-electron chi connectivity index (χ3n) is 5.76. The van der Waals surface area contributed by atoms with Gasteiger partial charge in [0.05, 0.1) is 12.6 Å². The highest BCUT2D eigenvalue weighted by molar-refractivity contribution is 6.99. The minimum absolute atomic E-state index is 0.153. The highest BCUT2D eigenvalue weighted by atomic mass is 28.4. The first-order valence-corrected chi connectivity index (χ1v) is 13.8. The van der Waals surface area contributed by atoms with E-state index in [0.29, 0.717) is 19.6 Å². The Kier molecular flexibility index (Phi) is 9.48. The average molecular weight is 480 g/mol. The van der Waals surface area contributed by atoms with Gasteiger partial charge >= 0.3 is 6.09 Å². The molecule has 0 aliphatic carbocycles. The predicted octanol–water partition coefficient (Wildman–Crippen LogP) is 5.93. The van der Waals surface area contributed by atoms with Gasteiger partial charge in [0.15, 0.2) is 0 Å². The highest BCUT2D eigenvalue weighted by Gasteiger charge is 2.50. The van der Waals surface area contributed by atoms with E-state index in [1.165, 1.54) is 10.4 Å². The van der Waals surface area contributed by atoms with Crippen LogP contribution in [0.2, 0.25) is 5.04 Å². The number of carbonyl (C=O) groups excluding carboxylic acids is 1. The molecular weight excluding hydrogens is 438 g/mol. The Morgan fingerprint density at radius 3 is 1.82 bits per heavy atom. The number of rotatable bonds is 10. The fraction of sp³-hybridized carbons (Fsp3) is 0.414. The molecule has 2 aromatic carbocycles. The molecule has 0 N–H and O–H groups in total. The smallest absolute Gasteiger partial charge is 0.410 e. The maximum atomic E-state index is 13.1. The summed E-state index contributed by atoms with van der Waals surface area (Å²) in [5.74, 6) is 0. The van der Waals surface area contributed by atoms with Gasteiger partial charge in [-0.15, -0.1) is 13.2 Å². The van der Waals surface area contributed by atoms with Crippen molar-refractivity contribution in [3.8, 4) is 0 Å². The third kappa shape index (κ3) is 6.70. The Morgan fingerprint density at radius 2 is 1.44 bits per heavy atom. The highest BCUT2D eigenvalue weighted by Crippen LogP contribution is 2.37. The summed E-state index contributed by atoms with van der Waals surface area (Å²) in [6, 6.07) is 20.6. The van der Waals surface area contributed by atoms with Crippen LogP contribution in [0.1, 0.15) is 48.0 Å². The summed E-state index contributed by atoms with van der Waals surface area (Å²) in [6.07, 6.45) is 3.87. The molecule has 0 aromatic heterocycles. The van der Waals surface area contributed by atoms with Crippen molar-refractivity contribution in [1.29, 1.82) is 0 Å². The minimum atomic E-state index is -2.73. The fourth-order valence-corrected chi connectivity index (χ4v) is 8.78. The lowest BCUT2D eigenvalue weighted by Crippen LogP contribution is -2.67. The molecule has 0 unspecified atom stereocenters. The van der Waals surface area contributed by atoms with Crippen molar-refractivity contribution in [3.05, 3.63) is 86.0 Å². The van der Waals surface area contributed by atoms with Gasteiger partial charge in [-0.05, 0) is 42.6 Å². The number of hydrogen-bond donors (Lipinski definition) is 0. The molecule has 5 heteroatoms. The second-order valence-corrected chi connectivity index (χ2v) is 14.8. The molecule has 2 rings (SSSR count). The van der Waals surface area contributed by atoms with E-state index in [-0.39, 0.29) is 17.2 Å². The van der Waals surface area contributed by atoms with Crippen molar-refractivity contribution in [1.82, 2.24) is 4.90 Å². The fourth-order valence-electron chi connectivity index (χ4n) is 4.20. The number of ether oxygens (including phenoxy) is 1. The predicted molar refractivity (Wildman–Crippen MR) is 145 cm³/mol. The SMILES string of the molecule is C=CCCN(C(=O)OC(C)(C)C)[C@@H](C=C)CO[Si](c1ccccc1)(c1ccccc1)C(C)(C)C. The summed E-state index contributed by atoms with van der Waals surface area (Å²) < 4.78 is 12.8. The standard InChI is InChI=1S/C29H41NO3Si/c1-9-11-22-30(27(31)33-28(3,4)5)24(10-2)23-32-34(29(6,7)8,25-18-14-12-15-19-25)26-20-16-13-17-21-26/h9-10,12-21,24H,1-2,11,22-23H2,3-8H3/t24-/m0/s1. The topological polar surface area (TPSA) is 38.8 Å². The van der Waals surface area contributed by atoms with E-state index < -0.39 is 13.9 Å². The molecule has 34 heavy (non-hydrogen) atoms. The van der Waals surface area contributed by atoms with E-state index in [2.05, 4.69) is 82.5 Å². The van der Waals surface area contributed by atoms with Crippen LogP contribution in [0.5, 0.6) is 0 Å². The van der Waals surface area contributed by atoms with Crippen LogP contribution < -0.4 is 10.4 Å². The lowest BCUT2D eigenvalue weighted by Gasteiger charge is -2.44. The molecule has 2 aromatic rings. The van der Waals surface area contributed by atoms with Gasteiger partial charge in [0.2, 0.25) is 0 Å². The largest absolute Gasteiger partial charge is 0.444 e. The van der Waals surface area contributed by atoms with E-state index in [4.69, 9.17) is 9.16 Å². The molecule has 184 valence electrons. The van der Waals surface area contributed by atoms with E-state index in [9.17, 15) is 4.79 Å². The second kappa shape index (κ2) is 11.7. The van der Waals surface area contributed by atoms with E-state index in [1.807, 2.05) is 32.9 Å². The van der Waals surface area contributed by atoms with Gasteiger partial charge in [-0.3, -0.25) is 4.90 Å². The van der Waals surface area contributed by atoms with Crippen LogP contribution in [-0.2, 0) is 9.16 Å². The third-order valence-corrected chi connectivity index (χ3v) is 10.8. The van der Waals surface area contributed by atoms with Crippen LogP contribution in [0, 0.1) is 0 Å². The van der Waals surface area contributed by atoms with Crippen molar-refractivity contribution in [2.75, 3.05) is 13.2 Å². The van der Waals surface area contributed by atoms with Gasteiger partial charge in [-0.2, -0.15) is 0 Å². The Labute approximate surface area is 207 Å². The summed E-state index contributed by atoms with van der Waals surface area (Å²) >= 11 is 0. The number of nitrogens with zero attached hydrogens (tertiary/aromatic N) is 1. The summed E-state index contributed by atoms with van der Waals surface area (Å²) in [7, 11) is -2.73. The number of benzene rings is 2. The first-order valence-electron chi connectivity index (χ1n) is 11.9. The number of hydrogen-bond acceptors (Lipinski definition) is 3. The van der Waals surface area contributed by atoms with Crippen LogP contribution in [0.3, 0.4) is 0 Å². The van der Waals surface area contributed by atoms with Crippen molar-refractivity contribution in [3.63, 3.8) is 0 Å². The molecule has 1 amide bonds. The Balaban J connectivity index is 2.50. The zero-order chi connectivity index (χ0) is 25.4. The molecule has 0 saturated heterocycles.